The highest BCUT2D eigenvalue weighted by Crippen LogP contribution is 2.42. The zero-order chi connectivity index (χ0) is 19.9. The largest absolute Gasteiger partial charge is 0.327 e. The zero-order valence-corrected chi connectivity index (χ0v) is 16.5. The summed E-state index contributed by atoms with van der Waals surface area (Å²) in [6.45, 7) is 6.40. The van der Waals surface area contributed by atoms with Crippen LogP contribution in [0.5, 0.6) is 0 Å². The minimum atomic E-state index is -0.484. The van der Waals surface area contributed by atoms with Gasteiger partial charge in [0.1, 0.15) is 0 Å². The number of H-pyrrole nitrogens is 1. The zero-order valence-electron chi connectivity index (χ0n) is 16.5. The number of nitrogens with zero attached hydrogens (tertiary/aromatic N) is 4. The Hall–Kier alpha value is -2.74. The van der Waals surface area contributed by atoms with Crippen LogP contribution in [0.25, 0.3) is 0 Å². The Kier molecular flexibility index (Phi) is 4.66. The van der Waals surface area contributed by atoms with Gasteiger partial charge in [0.25, 0.3) is 5.91 Å². The molecule has 0 saturated carbocycles. The molecule has 0 bridgehead atoms. The van der Waals surface area contributed by atoms with E-state index in [0.717, 1.165) is 37.2 Å². The van der Waals surface area contributed by atoms with E-state index in [1.54, 1.807) is 24.5 Å². The minimum absolute atomic E-state index is 0.0577. The van der Waals surface area contributed by atoms with Gasteiger partial charge in [-0.05, 0) is 59.0 Å². The van der Waals surface area contributed by atoms with Crippen LogP contribution in [-0.2, 0) is 16.9 Å². The summed E-state index contributed by atoms with van der Waals surface area (Å²) in [5.41, 5.74) is 1.80. The third-order valence-electron chi connectivity index (χ3n) is 5.98. The topological polar surface area (TPSA) is 94.2 Å². The fourth-order valence-electron chi connectivity index (χ4n) is 4.13. The number of aromatic nitrogens is 3. The smallest absolute Gasteiger partial charge is 0.256 e. The van der Waals surface area contributed by atoms with Crippen LogP contribution in [0.4, 0.5) is 5.82 Å². The molecule has 1 fully saturated rings. The van der Waals surface area contributed by atoms with Crippen LogP contribution in [-0.4, -0.2) is 56.9 Å². The summed E-state index contributed by atoms with van der Waals surface area (Å²) in [6.07, 6.45) is 4.93. The van der Waals surface area contributed by atoms with Crippen LogP contribution in [0.15, 0.2) is 24.5 Å². The molecule has 0 aliphatic carbocycles. The average Bonchev–Trinajstić information content (AvgIpc) is 3.21. The maximum atomic E-state index is 13.2. The monoisotopic (exact) mass is 382 g/mol. The number of hydrogen-bond donors (Lipinski definition) is 2. The molecule has 2 aliphatic heterocycles. The second-order valence-corrected chi connectivity index (χ2v) is 8.18. The SMILES string of the molecule is CN1CCC(C(=O)N2Cc3c(NC(=O)c4ccncc4)n[nH]c3C2(C)C)CC1. The first-order valence-corrected chi connectivity index (χ1v) is 9.67. The first-order chi connectivity index (χ1) is 13.4. The van der Waals surface area contributed by atoms with E-state index >= 15 is 0 Å². The third-order valence-corrected chi connectivity index (χ3v) is 5.98. The summed E-state index contributed by atoms with van der Waals surface area (Å²) in [5, 5.41) is 10.2. The maximum Gasteiger partial charge on any atom is 0.256 e. The van der Waals surface area contributed by atoms with Crippen molar-refractivity contribution < 1.29 is 9.59 Å². The van der Waals surface area contributed by atoms with Crippen molar-refractivity contribution in [1.82, 2.24) is 25.0 Å². The van der Waals surface area contributed by atoms with E-state index in [9.17, 15) is 9.59 Å². The Morgan fingerprint density at radius 2 is 1.89 bits per heavy atom. The number of pyridine rings is 1. The Labute approximate surface area is 164 Å². The summed E-state index contributed by atoms with van der Waals surface area (Å²) in [6, 6.07) is 3.31. The number of carbonyl (C=O) groups is 2. The molecule has 2 amide bonds. The third kappa shape index (κ3) is 3.17. The normalized spacial score (nSPS) is 19.5. The van der Waals surface area contributed by atoms with Gasteiger partial charge in [0, 0.05) is 29.4 Å². The molecule has 2 N–H and O–H groups in total. The second-order valence-electron chi connectivity index (χ2n) is 8.18. The Balaban J connectivity index is 1.53. The lowest BCUT2D eigenvalue weighted by atomic mass is 9.93. The molecule has 2 aromatic heterocycles. The number of amides is 2. The Morgan fingerprint density at radius 3 is 2.57 bits per heavy atom. The number of aromatic amines is 1. The van der Waals surface area contributed by atoms with E-state index in [-0.39, 0.29) is 17.7 Å². The summed E-state index contributed by atoms with van der Waals surface area (Å²) in [7, 11) is 2.09. The van der Waals surface area contributed by atoms with Gasteiger partial charge in [-0.1, -0.05) is 0 Å². The number of hydrogen-bond acceptors (Lipinski definition) is 5. The van der Waals surface area contributed by atoms with Gasteiger partial charge < -0.3 is 15.1 Å². The van der Waals surface area contributed by atoms with Crippen molar-refractivity contribution in [1.29, 1.82) is 0 Å². The molecule has 8 heteroatoms. The molecular formula is C20H26N6O2. The molecule has 2 aliphatic rings. The van der Waals surface area contributed by atoms with Gasteiger partial charge in [0.15, 0.2) is 5.82 Å². The molecule has 2 aromatic rings. The predicted molar refractivity (Wildman–Crippen MR) is 105 cm³/mol. The average molecular weight is 382 g/mol. The van der Waals surface area contributed by atoms with Gasteiger partial charge in [-0.15, -0.1) is 0 Å². The van der Waals surface area contributed by atoms with Crippen molar-refractivity contribution >= 4 is 17.6 Å². The molecule has 0 atom stereocenters. The number of carbonyl (C=O) groups excluding carboxylic acids is 2. The van der Waals surface area contributed by atoms with Crippen LogP contribution in [0.3, 0.4) is 0 Å². The molecule has 4 heterocycles. The summed E-state index contributed by atoms with van der Waals surface area (Å²) in [4.78, 5) is 33.8. The van der Waals surface area contributed by atoms with Crippen molar-refractivity contribution in [2.45, 2.75) is 38.8 Å². The van der Waals surface area contributed by atoms with Crippen molar-refractivity contribution in [2.24, 2.45) is 5.92 Å². The van der Waals surface area contributed by atoms with E-state index in [1.165, 1.54) is 0 Å². The Bertz CT molecular complexity index is 883. The number of likely N-dealkylation sites (tertiary alicyclic amines) is 1. The lowest BCUT2D eigenvalue weighted by molar-refractivity contribution is -0.142. The van der Waals surface area contributed by atoms with Gasteiger partial charge in [-0.2, -0.15) is 5.10 Å². The van der Waals surface area contributed by atoms with Crippen LogP contribution >= 0.6 is 0 Å². The van der Waals surface area contributed by atoms with Crippen LogP contribution in [0.2, 0.25) is 0 Å². The van der Waals surface area contributed by atoms with E-state index < -0.39 is 5.54 Å². The van der Waals surface area contributed by atoms with Crippen LogP contribution in [0, 0.1) is 5.92 Å². The van der Waals surface area contributed by atoms with Crippen LogP contribution in [0.1, 0.15) is 48.3 Å². The highest BCUT2D eigenvalue weighted by atomic mass is 16.2. The molecule has 0 spiro atoms. The molecule has 0 aromatic carbocycles. The number of piperidine rings is 1. The van der Waals surface area contributed by atoms with Crippen molar-refractivity contribution in [3.63, 3.8) is 0 Å². The highest BCUT2D eigenvalue weighted by molar-refractivity contribution is 6.04. The molecule has 1 saturated heterocycles. The van der Waals surface area contributed by atoms with E-state index in [2.05, 4.69) is 32.4 Å². The predicted octanol–water partition coefficient (Wildman–Crippen LogP) is 1.98. The molecule has 0 unspecified atom stereocenters. The number of anilines is 1. The lowest BCUT2D eigenvalue weighted by Crippen LogP contribution is -2.46. The van der Waals surface area contributed by atoms with Gasteiger partial charge in [0.05, 0.1) is 17.8 Å². The number of rotatable bonds is 3. The van der Waals surface area contributed by atoms with Gasteiger partial charge in [-0.3, -0.25) is 19.7 Å². The summed E-state index contributed by atoms with van der Waals surface area (Å²) >= 11 is 0. The first kappa shape index (κ1) is 18.6. The van der Waals surface area contributed by atoms with Gasteiger partial charge in [0.2, 0.25) is 5.91 Å². The Morgan fingerprint density at radius 1 is 1.21 bits per heavy atom. The van der Waals surface area contributed by atoms with Crippen molar-refractivity contribution in [3.05, 3.63) is 41.3 Å². The summed E-state index contributed by atoms with van der Waals surface area (Å²) < 4.78 is 0. The fourth-order valence-corrected chi connectivity index (χ4v) is 4.13. The summed E-state index contributed by atoms with van der Waals surface area (Å²) in [5.74, 6) is 0.495. The quantitative estimate of drug-likeness (QED) is 0.846. The van der Waals surface area contributed by atoms with Gasteiger partial charge >= 0.3 is 0 Å². The standard InChI is InChI=1S/C20H26N6O2/c1-20(2)16-15(12-26(20)19(28)14-6-10-25(3)11-7-14)17(24-23-16)22-18(27)13-4-8-21-9-5-13/h4-5,8-9,14H,6-7,10-12H2,1-3H3,(H2,22,23,24,27). The maximum absolute atomic E-state index is 13.2. The number of fused-ring (bicyclic) bond motifs is 1. The minimum Gasteiger partial charge on any atom is -0.327 e. The van der Waals surface area contributed by atoms with E-state index in [1.807, 2.05) is 18.7 Å². The van der Waals surface area contributed by atoms with Crippen molar-refractivity contribution in [2.75, 3.05) is 25.5 Å². The molecule has 8 nitrogen and oxygen atoms in total. The molecule has 28 heavy (non-hydrogen) atoms. The molecule has 0 radical (unpaired) electrons. The molecule has 4 rings (SSSR count). The highest BCUT2D eigenvalue weighted by Gasteiger charge is 2.45. The molecular weight excluding hydrogens is 356 g/mol. The van der Waals surface area contributed by atoms with E-state index in [4.69, 9.17) is 0 Å². The molecule has 148 valence electrons. The lowest BCUT2D eigenvalue weighted by Gasteiger charge is -2.37. The van der Waals surface area contributed by atoms with Crippen molar-refractivity contribution in [3.8, 4) is 0 Å². The van der Waals surface area contributed by atoms with E-state index in [0.29, 0.717) is 17.9 Å². The first-order valence-electron chi connectivity index (χ1n) is 9.67. The second kappa shape index (κ2) is 7.01. The van der Waals surface area contributed by atoms with Crippen LogP contribution < -0.4 is 5.32 Å². The number of nitrogens with one attached hydrogen (secondary N) is 2. The fraction of sp³-hybridized carbons (Fsp3) is 0.500. The van der Waals surface area contributed by atoms with Gasteiger partial charge in [-0.25, -0.2) is 0 Å².